The quantitative estimate of drug-likeness (QED) is 0.0147. The van der Waals surface area contributed by atoms with Gasteiger partial charge in [-0.25, -0.2) is 4.79 Å². The molecule has 12 amide bonds. The van der Waals surface area contributed by atoms with Crippen LogP contribution in [0.15, 0.2) is 83.9 Å². The number of carbonyl (C=O) groups is 14. The van der Waals surface area contributed by atoms with Crippen molar-refractivity contribution in [2.45, 2.75) is 64.0 Å². The molecule has 15 N–H and O–H groups in total. The van der Waals surface area contributed by atoms with Crippen LogP contribution in [0.1, 0.15) is 68.1 Å². The van der Waals surface area contributed by atoms with E-state index in [1.165, 1.54) is 52.3 Å². The summed E-state index contributed by atoms with van der Waals surface area (Å²) < 4.78 is 6.09. The van der Waals surface area contributed by atoms with Crippen LogP contribution in [0.5, 0.6) is 11.5 Å². The number of aliphatic imine (C=N–C) groups is 1. The number of aliphatic carboxylic acids is 3. The number of guanidine groups is 1. The lowest BCUT2D eigenvalue weighted by atomic mass is 9.90. The fraction of sp³-hybridized carbons (Fsp3) is 0.522. The summed E-state index contributed by atoms with van der Waals surface area (Å²) in [4.78, 5) is 189. The molecule has 37 heteroatoms. The van der Waals surface area contributed by atoms with Gasteiger partial charge in [0.15, 0.2) is 5.96 Å². The standard InChI is InChI=1S/C69H104N18O19/c1-7-54(89)75-28-29-77-69(105)80-68(70)76-26-14-19-53(66(103)78-38-48-20-22-51(88)23-21-48)79-67(104)65(49-15-9-8-10-16-49)50-17-13-18-52(37-50)106-36-12-11-25-73-56(91)41-81(2)58(93)43-83(4)60(95)45-85(6)61(96)44-84(5)59(94)42-82(3)57(92)24-27-74-55(90)39-71-30-32-86(46-63(99)100)34-35-87(47-64(101)102)33-31-72-40-62(97)98/h8-10,13,15-18,20-23,37,53,65,71-72,88H,7,11-12,14,19,24-36,38-47H2,1-6H3,(H,73,91)(H,74,90)(H,75,89)(H,78,103)(H,79,104)(H,97,98)(H,99,100)(H,101,102)(H4,70,76,77,80,105)/t53-,65+/m1/s1. The van der Waals surface area contributed by atoms with E-state index in [9.17, 15) is 82.4 Å². The Bertz CT molecular complexity index is 3410. The van der Waals surface area contributed by atoms with Crippen LogP contribution < -0.4 is 58.3 Å². The second kappa shape index (κ2) is 49.6. The number of amides is 12. The third-order valence-electron chi connectivity index (χ3n) is 15.9. The van der Waals surface area contributed by atoms with E-state index in [-0.39, 0.29) is 148 Å². The van der Waals surface area contributed by atoms with Crippen molar-refractivity contribution in [1.82, 2.24) is 82.2 Å². The molecule has 0 saturated heterocycles. The highest BCUT2D eigenvalue weighted by Gasteiger charge is 2.30. The van der Waals surface area contributed by atoms with Gasteiger partial charge in [0, 0.05) is 127 Å². The number of nitrogens with zero attached hydrogens (tertiary/aromatic N) is 8. The number of nitrogens with one attached hydrogen (secondary N) is 9. The van der Waals surface area contributed by atoms with E-state index in [0.717, 1.165) is 24.5 Å². The molecule has 106 heavy (non-hydrogen) atoms. The molecule has 0 radical (unpaired) electrons. The maximum absolute atomic E-state index is 14.5. The van der Waals surface area contributed by atoms with Crippen LogP contribution in [0.2, 0.25) is 0 Å². The molecule has 37 nitrogen and oxygen atoms in total. The van der Waals surface area contributed by atoms with Crippen molar-refractivity contribution in [2.24, 2.45) is 10.7 Å². The van der Waals surface area contributed by atoms with E-state index >= 15 is 0 Å². The number of carboxylic acid groups (broad SMARTS) is 3. The van der Waals surface area contributed by atoms with Gasteiger partial charge in [-0.2, -0.15) is 4.99 Å². The molecule has 0 fully saturated rings. The average Bonchev–Trinajstić information content (AvgIpc) is 0.816. The van der Waals surface area contributed by atoms with Gasteiger partial charge >= 0.3 is 23.9 Å². The molecular formula is C69H104N18O19. The molecule has 0 aliphatic rings. The van der Waals surface area contributed by atoms with E-state index in [2.05, 4.69) is 52.8 Å². The Kier molecular flexibility index (Phi) is 41.7. The number of aromatic hydroxyl groups is 1. The zero-order valence-electron chi connectivity index (χ0n) is 61.0. The largest absolute Gasteiger partial charge is 0.508 e. The maximum atomic E-state index is 14.5. The number of hydrogen-bond acceptors (Lipinski definition) is 20. The number of carbonyl (C=O) groups excluding carboxylic acids is 11. The lowest BCUT2D eigenvalue weighted by Crippen LogP contribution is -2.48. The van der Waals surface area contributed by atoms with E-state index in [1.54, 1.807) is 72.5 Å². The second-order valence-electron chi connectivity index (χ2n) is 24.7. The van der Waals surface area contributed by atoms with Crippen LogP contribution in [0.25, 0.3) is 0 Å². The van der Waals surface area contributed by atoms with Gasteiger partial charge in [-0.1, -0.05) is 61.5 Å². The van der Waals surface area contributed by atoms with Gasteiger partial charge in [-0.15, -0.1) is 0 Å². The fourth-order valence-electron chi connectivity index (χ4n) is 9.87. The summed E-state index contributed by atoms with van der Waals surface area (Å²) in [6.45, 7) is 0.593. The minimum atomic E-state index is -1.12. The lowest BCUT2D eigenvalue weighted by Gasteiger charge is -2.26. The summed E-state index contributed by atoms with van der Waals surface area (Å²) >= 11 is 0. The topological polar surface area (TPSA) is 498 Å². The molecule has 0 saturated carbocycles. The molecule has 3 aromatic rings. The Balaban J connectivity index is 1.41. The predicted molar refractivity (Wildman–Crippen MR) is 387 cm³/mol. The van der Waals surface area contributed by atoms with Gasteiger partial charge < -0.3 is 103 Å². The summed E-state index contributed by atoms with van der Waals surface area (Å²) in [5.41, 5.74) is 7.85. The van der Waals surface area contributed by atoms with Crippen LogP contribution in [0.4, 0.5) is 4.79 Å². The Hall–Kier alpha value is -11.1. The lowest BCUT2D eigenvalue weighted by molar-refractivity contribution is -0.145. The summed E-state index contributed by atoms with van der Waals surface area (Å²) in [6.07, 6.45) is 1.56. The number of nitrogens with two attached hydrogens (primary N) is 1. The smallest absolute Gasteiger partial charge is 0.344 e. The number of carboxylic acids is 3. The van der Waals surface area contributed by atoms with E-state index in [0.29, 0.717) is 48.1 Å². The maximum Gasteiger partial charge on any atom is 0.344 e. The monoisotopic (exact) mass is 1490 g/mol. The molecule has 0 aliphatic heterocycles. The number of urea groups is 1. The van der Waals surface area contributed by atoms with E-state index in [4.69, 9.17) is 15.6 Å². The number of ether oxygens (including phenoxy) is 1. The molecule has 0 unspecified atom stereocenters. The number of hydrogen-bond donors (Lipinski definition) is 14. The molecule has 3 aromatic carbocycles. The predicted octanol–water partition coefficient (Wildman–Crippen LogP) is -3.64. The summed E-state index contributed by atoms with van der Waals surface area (Å²) in [7, 11) is 6.79. The summed E-state index contributed by atoms with van der Waals surface area (Å²) in [5, 5.41) is 61.9. The van der Waals surface area contributed by atoms with Crippen LogP contribution in [-0.4, -0.2) is 322 Å². The number of phenols is 1. The van der Waals surface area contributed by atoms with Crippen LogP contribution >= 0.6 is 0 Å². The number of unbranched alkanes of at least 4 members (excludes halogenated alkanes) is 1. The van der Waals surface area contributed by atoms with Gasteiger partial charge in [0.25, 0.3) is 0 Å². The number of rotatable bonds is 51. The zero-order chi connectivity index (χ0) is 78.5. The summed E-state index contributed by atoms with van der Waals surface area (Å²) in [6, 6.07) is 20.5. The van der Waals surface area contributed by atoms with Crippen LogP contribution in [0.3, 0.4) is 0 Å². The molecular weight excluding hydrogens is 1380 g/mol. The molecule has 0 heterocycles. The number of phenolic OH excluding ortho intramolecular Hbond substituents is 1. The highest BCUT2D eigenvalue weighted by atomic mass is 16.5. The molecule has 3 rings (SSSR count). The zero-order valence-corrected chi connectivity index (χ0v) is 61.0. The third kappa shape index (κ3) is 37.9. The molecule has 584 valence electrons. The Morgan fingerprint density at radius 3 is 1.57 bits per heavy atom. The summed E-state index contributed by atoms with van der Waals surface area (Å²) in [5.74, 6) is -8.81. The minimum absolute atomic E-state index is 0.0569. The van der Waals surface area contributed by atoms with Gasteiger partial charge in [0.05, 0.1) is 71.4 Å². The molecule has 0 spiro atoms. The fourth-order valence-corrected chi connectivity index (χ4v) is 9.87. The molecule has 0 bridgehead atoms. The van der Waals surface area contributed by atoms with Crippen molar-refractivity contribution in [3.63, 3.8) is 0 Å². The Morgan fingerprint density at radius 2 is 1.00 bits per heavy atom. The third-order valence-corrected chi connectivity index (χ3v) is 15.9. The van der Waals surface area contributed by atoms with Crippen molar-refractivity contribution in [3.8, 4) is 11.5 Å². The molecule has 2 atom stereocenters. The first kappa shape index (κ1) is 89.2. The normalized spacial score (nSPS) is 11.6. The average molecular weight is 1490 g/mol. The first-order chi connectivity index (χ1) is 50.4. The highest BCUT2D eigenvalue weighted by molar-refractivity contribution is 5.94. The Morgan fingerprint density at radius 1 is 0.481 bits per heavy atom. The van der Waals surface area contributed by atoms with Crippen molar-refractivity contribution in [1.29, 1.82) is 0 Å². The van der Waals surface area contributed by atoms with Crippen LogP contribution in [-0.2, 0) is 68.9 Å². The van der Waals surface area contributed by atoms with Crippen molar-refractivity contribution in [2.75, 3.05) is 173 Å². The highest BCUT2D eigenvalue weighted by Crippen LogP contribution is 2.28. The first-order valence-corrected chi connectivity index (χ1v) is 34.5. The van der Waals surface area contributed by atoms with Gasteiger partial charge in [-0.3, -0.25) is 72.1 Å². The van der Waals surface area contributed by atoms with Crippen molar-refractivity contribution in [3.05, 3.63) is 95.6 Å². The number of likely N-dealkylation sites (N-methyl/N-ethyl adjacent to an activating group) is 5. The van der Waals surface area contributed by atoms with E-state index in [1.807, 2.05) is 6.07 Å². The minimum Gasteiger partial charge on any atom is -0.508 e. The Labute approximate surface area is 615 Å². The van der Waals surface area contributed by atoms with Gasteiger partial charge in [-0.05, 0) is 66.6 Å². The SMILES string of the molecule is CCC(=O)NCCNC(=O)/N=C(/N)NCCC[C@@H](NC(=O)[C@@H](c1ccccc1)c1cccc(OCCCCNC(=O)CN(C)C(=O)CN(C)C(=O)CN(C)C(=O)CN(C)C(=O)CN(C)C(=O)CCNC(=O)CNCCN(CCN(CCNCC(=O)O)CC(=O)O)CC(=O)O)c1)C(=O)NCc1ccc(O)cc1. The first-order valence-electron chi connectivity index (χ1n) is 34.5. The van der Waals surface area contributed by atoms with Crippen molar-refractivity contribution < 1.29 is 92.3 Å². The second-order valence-corrected chi connectivity index (χ2v) is 24.7. The van der Waals surface area contributed by atoms with Crippen LogP contribution in [0, 0.1) is 0 Å². The number of benzene rings is 3. The molecule has 0 aromatic heterocycles. The molecule has 0 aliphatic carbocycles. The van der Waals surface area contributed by atoms with Gasteiger partial charge in [0.2, 0.25) is 59.1 Å². The van der Waals surface area contributed by atoms with E-state index < -0.39 is 115 Å². The van der Waals surface area contributed by atoms with Gasteiger partial charge in [0.1, 0.15) is 17.5 Å². The van der Waals surface area contributed by atoms with Crippen molar-refractivity contribution >= 4 is 89.0 Å².